The van der Waals surface area contributed by atoms with E-state index in [-0.39, 0.29) is 0 Å². The third-order valence-corrected chi connectivity index (χ3v) is 2.89. The lowest BCUT2D eigenvalue weighted by Crippen LogP contribution is -2.06. The first-order valence-electron chi connectivity index (χ1n) is 7.45. The summed E-state index contributed by atoms with van der Waals surface area (Å²) in [5.41, 5.74) is 0.877. The molecule has 2 heteroatoms. The first kappa shape index (κ1) is 17.9. The van der Waals surface area contributed by atoms with Gasteiger partial charge in [0.25, 0.3) is 0 Å². The number of rotatable bonds is 9. The minimum absolute atomic E-state index is 0.438. The molecular weight excluding hydrogens is 224 g/mol. The van der Waals surface area contributed by atoms with Crippen molar-refractivity contribution < 1.29 is 9.78 Å². The summed E-state index contributed by atoms with van der Waals surface area (Å²) in [5.74, 6) is 0. The smallest absolute Gasteiger partial charge is 0.0822 e. The van der Waals surface area contributed by atoms with Crippen LogP contribution in [0.2, 0.25) is 0 Å². The lowest BCUT2D eigenvalue weighted by molar-refractivity contribution is -0.295. The number of hydrogen-bond acceptors (Lipinski definition) is 2. The first-order chi connectivity index (χ1) is 8.21. The fraction of sp³-hybridized carbons (Fsp3) is 1.00. The van der Waals surface area contributed by atoms with Crippen LogP contribution < -0.4 is 0 Å². The van der Waals surface area contributed by atoms with Gasteiger partial charge in [-0.3, -0.25) is 0 Å². The van der Waals surface area contributed by atoms with Crippen molar-refractivity contribution in [1.29, 1.82) is 0 Å². The zero-order chi connectivity index (χ0) is 14.1. The van der Waals surface area contributed by atoms with E-state index in [9.17, 15) is 0 Å². The fourth-order valence-electron chi connectivity index (χ4n) is 1.75. The van der Waals surface area contributed by atoms with Crippen molar-refractivity contribution in [1.82, 2.24) is 0 Å². The van der Waals surface area contributed by atoms with Gasteiger partial charge in [0.1, 0.15) is 0 Å². The summed E-state index contributed by atoms with van der Waals surface area (Å²) in [5, 5.41) is 0. The van der Waals surface area contributed by atoms with Crippen molar-refractivity contribution in [3.05, 3.63) is 0 Å². The molecule has 0 amide bonds. The van der Waals surface area contributed by atoms with E-state index in [0.29, 0.717) is 10.8 Å². The van der Waals surface area contributed by atoms with Gasteiger partial charge in [-0.2, -0.15) is 0 Å². The van der Waals surface area contributed by atoms with Crippen LogP contribution in [0.1, 0.15) is 80.1 Å². The van der Waals surface area contributed by atoms with E-state index in [2.05, 4.69) is 41.5 Å². The van der Waals surface area contributed by atoms with Crippen molar-refractivity contribution in [2.45, 2.75) is 80.1 Å². The van der Waals surface area contributed by atoms with Gasteiger partial charge in [-0.25, -0.2) is 9.78 Å². The molecule has 0 aromatic carbocycles. The molecule has 18 heavy (non-hydrogen) atoms. The Balaban J connectivity index is 3.13. The van der Waals surface area contributed by atoms with Crippen LogP contribution in [0.5, 0.6) is 0 Å². The maximum Gasteiger partial charge on any atom is 0.0822 e. The molecule has 0 aliphatic heterocycles. The molecule has 0 saturated carbocycles. The second-order valence-electron chi connectivity index (χ2n) is 7.68. The normalized spacial score (nSPS) is 13.0. The van der Waals surface area contributed by atoms with Gasteiger partial charge in [-0.05, 0) is 36.5 Å². The monoisotopic (exact) mass is 258 g/mol. The fourth-order valence-corrected chi connectivity index (χ4v) is 1.75. The standard InChI is InChI=1S/C16H34O2/c1-15(2,3)11-7-9-13-17-18-14-10-8-12-16(4,5)6/h7-14H2,1-6H3. The van der Waals surface area contributed by atoms with Gasteiger partial charge < -0.3 is 0 Å². The Bertz CT molecular complexity index is 164. The van der Waals surface area contributed by atoms with Crippen molar-refractivity contribution in [3.63, 3.8) is 0 Å². The highest BCUT2D eigenvalue weighted by Crippen LogP contribution is 2.22. The van der Waals surface area contributed by atoms with Crippen molar-refractivity contribution in [3.8, 4) is 0 Å². The quantitative estimate of drug-likeness (QED) is 0.314. The Morgan fingerprint density at radius 1 is 0.556 bits per heavy atom. The van der Waals surface area contributed by atoms with Gasteiger partial charge in [-0.1, -0.05) is 54.4 Å². The second kappa shape index (κ2) is 8.92. The predicted octanol–water partition coefficient (Wildman–Crippen LogP) is 5.37. The minimum Gasteiger partial charge on any atom is -0.237 e. The molecular formula is C16H34O2. The third kappa shape index (κ3) is 15.9. The summed E-state index contributed by atoms with van der Waals surface area (Å²) in [6.45, 7) is 15.1. The van der Waals surface area contributed by atoms with Crippen LogP contribution in [-0.2, 0) is 9.78 Å². The molecule has 0 atom stereocenters. The zero-order valence-corrected chi connectivity index (χ0v) is 13.5. The molecule has 110 valence electrons. The van der Waals surface area contributed by atoms with Crippen molar-refractivity contribution >= 4 is 0 Å². The largest absolute Gasteiger partial charge is 0.237 e. The molecule has 0 aromatic heterocycles. The summed E-state index contributed by atoms with van der Waals surface area (Å²) in [6.07, 6.45) is 7.14. The molecule has 2 nitrogen and oxygen atoms in total. The summed E-state index contributed by atoms with van der Waals surface area (Å²) >= 11 is 0. The van der Waals surface area contributed by atoms with Gasteiger partial charge in [0.15, 0.2) is 0 Å². The van der Waals surface area contributed by atoms with E-state index in [1.165, 1.54) is 25.7 Å². The van der Waals surface area contributed by atoms with Crippen LogP contribution in [0.25, 0.3) is 0 Å². The van der Waals surface area contributed by atoms with Crippen LogP contribution in [0.3, 0.4) is 0 Å². The van der Waals surface area contributed by atoms with Crippen molar-refractivity contribution in [2.24, 2.45) is 10.8 Å². The molecule has 0 rings (SSSR count). The van der Waals surface area contributed by atoms with Gasteiger partial charge in [0.05, 0.1) is 13.2 Å². The molecule has 0 fully saturated rings. The highest BCUT2D eigenvalue weighted by Gasteiger charge is 2.09. The topological polar surface area (TPSA) is 18.5 Å². The highest BCUT2D eigenvalue weighted by atomic mass is 17.2. The summed E-state index contributed by atoms with van der Waals surface area (Å²) in [6, 6.07) is 0. The number of hydrogen-bond donors (Lipinski definition) is 0. The second-order valence-corrected chi connectivity index (χ2v) is 7.68. The molecule has 0 aliphatic carbocycles. The van der Waals surface area contributed by atoms with Crippen LogP contribution in [0.15, 0.2) is 0 Å². The Kier molecular flexibility index (Phi) is 8.89. The maximum absolute atomic E-state index is 5.18. The lowest BCUT2D eigenvalue weighted by Gasteiger charge is -2.17. The Labute approximate surface area is 114 Å². The molecule has 0 saturated heterocycles. The summed E-state index contributed by atoms with van der Waals surface area (Å²) in [7, 11) is 0. The zero-order valence-electron chi connectivity index (χ0n) is 13.5. The summed E-state index contributed by atoms with van der Waals surface area (Å²) < 4.78 is 0. The molecule has 0 spiro atoms. The van der Waals surface area contributed by atoms with E-state index in [4.69, 9.17) is 9.78 Å². The van der Waals surface area contributed by atoms with Gasteiger partial charge in [0, 0.05) is 0 Å². The molecule has 0 unspecified atom stereocenters. The average molecular weight is 258 g/mol. The van der Waals surface area contributed by atoms with Crippen LogP contribution in [0, 0.1) is 10.8 Å². The Morgan fingerprint density at radius 3 is 1.17 bits per heavy atom. The summed E-state index contributed by atoms with van der Waals surface area (Å²) in [4.78, 5) is 10.4. The first-order valence-corrected chi connectivity index (χ1v) is 7.45. The van der Waals surface area contributed by atoms with Gasteiger partial charge >= 0.3 is 0 Å². The van der Waals surface area contributed by atoms with Gasteiger partial charge in [0.2, 0.25) is 0 Å². The van der Waals surface area contributed by atoms with Crippen LogP contribution in [-0.4, -0.2) is 13.2 Å². The molecule has 0 N–H and O–H groups in total. The minimum atomic E-state index is 0.438. The maximum atomic E-state index is 5.18. The van der Waals surface area contributed by atoms with E-state index in [1.807, 2.05) is 0 Å². The Morgan fingerprint density at radius 2 is 0.889 bits per heavy atom. The average Bonchev–Trinajstić information content (AvgIpc) is 2.17. The van der Waals surface area contributed by atoms with E-state index >= 15 is 0 Å². The van der Waals surface area contributed by atoms with Crippen LogP contribution >= 0.6 is 0 Å². The highest BCUT2D eigenvalue weighted by molar-refractivity contribution is 4.61. The van der Waals surface area contributed by atoms with E-state index < -0.39 is 0 Å². The van der Waals surface area contributed by atoms with Crippen LogP contribution in [0.4, 0.5) is 0 Å². The van der Waals surface area contributed by atoms with Gasteiger partial charge in [-0.15, -0.1) is 0 Å². The number of unbranched alkanes of at least 4 members (excludes halogenated alkanes) is 2. The SMILES string of the molecule is CC(C)(C)CCCCOOCCCCC(C)(C)C. The third-order valence-electron chi connectivity index (χ3n) is 2.89. The molecule has 0 heterocycles. The predicted molar refractivity (Wildman–Crippen MR) is 78.5 cm³/mol. The Hall–Kier alpha value is -0.0800. The van der Waals surface area contributed by atoms with E-state index in [1.54, 1.807) is 0 Å². The molecule has 0 bridgehead atoms. The molecule has 0 radical (unpaired) electrons. The van der Waals surface area contributed by atoms with Crippen molar-refractivity contribution in [2.75, 3.05) is 13.2 Å². The van der Waals surface area contributed by atoms with E-state index in [0.717, 1.165) is 26.1 Å². The lowest BCUT2D eigenvalue weighted by atomic mass is 9.90. The molecule has 0 aromatic rings. The molecule has 0 aliphatic rings.